The number of aliphatic hydroxyl groups is 1. The maximum atomic E-state index is 13.2. The maximum Gasteiger partial charge on any atom is 0.247 e. The Morgan fingerprint density at radius 1 is 1.10 bits per heavy atom. The summed E-state index contributed by atoms with van der Waals surface area (Å²) in [5.74, 6) is 0.861. The van der Waals surface area contributed by atoms with E-state index in [0.29, 0.717) is 13.0 Å². The molecule has 29 heavy (non-hydrogen) atoms. The van der Waals surface area contributed by atoms with Gasteiger partial charge in [-0.3, -0.25) is 4.79 Å². The van der Waals surface area contributed by atoms with Gasteiger partial charge in [0.2, 0.25) is 5.91 Å². The van der Waals surface area contributed by atoms with E-state index in [4.69, 9.17) is 4.74 Å². The highest BCUT2D eigenvalue weighted by Gasteiger charge is 2.49. The summed E-state index contributed by atoms with van der Waals surface area (Å²) < 4.78 is 5.30. The second-order valence-corrected chi connectivity index (χ2v) is 8.20. The van der Waals surface area contributed by atoms with Crippen LogP contribution in [0.15, 0.2) is 60.7 Å². The summed E-state index contributed by atoms with van der Waals surface area (Å²) in [6.07, 6.45) is 8.11. The molecule has 1 aliphatic heterocycles. The third kappa shape index (κ3) is 4.08. The molecule has 1 heterocycles. The van der Waals surface area contributed by atoms with E-state index in [0.717, 1.165) is 42.6 Å². The second-order valence-electron chi connectivity index (χ2n) is 8.20. The predicted octanol–water partition coefficient (Wildman–Crippen LogP) is 4.60. The molecule has 4 heteroatoms. The van der Waals surface area contributed by atoms with Crippen LogP contribution >= 0.6 is 0 Å². The fourth-order valence-corrected chi connectivity index (χ4v) is 4.97. The van der Waals surface area contributed by atoms with Gasteiger partial charge in [0, 0.05) is 18.5 Å². The molecule has 0 spiro atoms. The van der Waals surface area contributed by atoms with Crippen molar-refractivity contribution in [2.45, 2.75) is 43.7 Å². The predicted molar refractivity (Wildman–Crippen MR) is 114 cm³/mol. The van der Waals surface area contributed by atoms with Crippen molar-refractivity contribution in [1.29, 1.82) is 0 Å². The molecule has 3 atom stereocenters. The molecule has 2 fully saturated rings. The first-order valence-electron chi connectivity index (χ1n) is 10.5. The Morgan fingerprint density at radius 2 is 1.86 bits per heavy atom. The lowest BCUT2D eigenvalue weighted by Crippen LogP contribution is -2.56. The van der Waals surface area contributed by atoms with Gasteiger partial charge in [0.1, 0.15) is 5.75 Å². The monoisotopic (exact) mass is 391 g/mol. The van der Waals surface area contributed by atoms with Crippen LogP contribution in [-0.4, -0.2) is 35.2 Å². The van der Waals surface area contributed by atoms with E-state index in [1.807, 2.05) is 65.6 Å². The van der Waals surface area contributed by atoms with Crippen LogP contribution in [0.2, 0.25) is 0 Å². The summed E-state index contributed by atoms with van der Waals surface area (Å²) in [6.45, 7) is 0.571. The highest BCUT2D eigenvalue weighted by atomic mass is 16.5. The lowest BCUT2D eigenvalue weighted by atomic mass is 9.66. The van der Waals surface area contributed by atoms with Crippen molar-refractivity contribution < 1.29 is 14.6 Å². The zero-order valence-electron chi connectivity index (χ0n) is 17.0. The minimum absolute atomic E-state index is 0.00212. The van der Waals surface area contributed by atoms with Crippen LogP contribution in [0, 0.1) is 5.92 Å². The molecular weight excluding hydrogens is 362 g/mol. The Kier molecular flexibility index (Phi) is 5.72. The van der Waals surface area contributed by atoms with Gasteiger partial charge in [0.25, 0.3) is 0 Å². The molecule has 0 bridgehead atoms. The summed E-state index contributed by atoms with van der Waals surface area (Å²) in [5.41, 5.74) is 1.40. The Labute approximate surface area is 172 Å². The number of fused-ring (bicyclic) bond motifs is 1. The van der Waals surface area contributed by atoms with Crippen molar-refractivity contribution >= 4 is 12.0 Å². The molecule has 1 saturated carbocycles. The number of ether oxygens (including phenoxy) is 1. The largest absolute Gasteiger partial charge is 0.497 e. The number of piperidine rings is 1. The van der Waals surface area contributed by atoms with E-state index in [1.165, 1.54) is 0 Å². The van der Waals surface area contributed by atoms with Gasteiger partial charge < -0.3 is 14.7 Å². The number of hydrogen-bond acceptors (Lipinski definition) is 3. The van der Waals surface area contributed by atoms with Crippen molar-refractivity contribution in [3.63, 3.8) is 0 Å². The Balaban J connectivity index is 1.65. The number of carbonyl (C=O) groups is 1. The fraction of sp³-hybridized carbons (Fsp3) is 0.400. The normalized spacial score (nSPS) is 26.9. The second kappa shape index (κ2) is 8.42. The van der Waals surface area contributed by atoms with Gasteiger partial charge in [0.05, 0.1) is 18.8 Å². The van der Waals surface area contributed by atoms with Crippen molar-refractivity contribution in [2.24, 2.45) is 5.92 Å². The van der Waals surface area contributed by atoms with Crippen LogP contribution in [0.1, 0.15) is 49.3 Å². The molecule has 0 unspecified atom stereocenters. The number of carbonyl (C=O) groups excluding carboxylic acids is 1. The van der Waals surface area contributed by atoms with Crippen LogP contribution in [0.4, 0.5) is 0 Å². The third-order valence-corrected chi connectivity index (χ3v) is 6.53. The number of hydrogen-bond donors (Lipinski definition) is 1. The standard InChI is InChI=1S/C25H29NO3/c1-29-21-13-11-20(12-14-21)24-22-9-5-6-16-25(22,28)17-18-26(24)23(27)15-10-19-7-3-2-4-8-19/h2-4,7-8,10-15,22,24,28H,5-6,9,16-18H2,1H3/b15-10+/t22-,24-,25-/m0/s1. The van der Waals surface area contributed by atoms with E-state index in [9.17, 15) is 9.90 Å². The number of likely N-dealkylation sites (tertiary alicyclic amines) is 1. The molecular formula is C25H29NO3. The average Bonchev–Trinajstić information content (AvgIpc) is 2.77. The zero-order chi connectivity index (χ0) is 20.3. The highest BCUT2D eigenvalue weighted by molar-refractivity contribution is 5.92. The molecule has 2 aromatic rings. The van der Waals surface area contributed by atoms with Gasteiger partial charge in [-0.15, -0.1) is 0 Å². The first-order chi connectivity index (χ1) is 14.1. The van der Waals surface area contributed by atoms with Crippen molar-refractivity contribution in [3.8, 4) is 5.75 Å². The number of rotatable bonds is 4. The van der Waals surface area contributed by atoms with E-state index in [-0.39, 0.29) is 17.9 Å². The van der Waals surface area contributed by atoms with Crippen molar-refractivity contribution in [2.75, 3.05) is 13.7 Å². The number of benzene rings is 2. The molecule has 4 rings (SSSR count). The molecule has 1 saturated heterocycles. The minimum Gasteiger partial charge on any atom is -0.497 e. The average molecular weight is 392 g/mol. The van der Waals surface area contributed by atoms with Gasteiger partial charge in [-0.25, -0.2) is 0 Å². The van der Waals surface area contributed by atoms with Crippen molar-refractivity contribution in [3.05, 3.63) is 71.8 Å². The smallest absolute Gasteiger partial charge is 0.247 e. The Bertz CT molecular complexity index is 861. The lowest BCUT2D eigenvalue weighted by molar-refractivity contribution is -0.150. The summed E-state index contributed by atoms with van der Waals surface area (Å²) in [4.78, 5) is 15.1. The van der Waals surface area contributed by atoms with Gasteiger partial charge in [-0.2, -0.15) is 0 Å². The number of methoxy groups -OCH3 is 1. The van der Waals surface area contributed by atoms with Gasteiger partial charge in [-0.05, 0) is 48.6 Å². The SMILES string of the molecule is COc1ccc([C@H]2[C@@H]3CCCC[C@]3(O)CCN2C(=O)/C=C/c2ccccc2)cc1. The topological polar surface area (TPSA) is 49.8 Å². The molecule has 2 aliphatic rings. The summed E-state index contributed by atoms with van der Waals surface area (Å²) in [7, 11) is 1.65. The Morgan fingerprint density at radius 3 is 2.59 bits per heavy atom. The quantitative estimate of drug-likeness (QED) is 0.775. The molecule has 4 nitrogen and oxygen atoms in total. The fourth-order valence-electron chi connectivity index (χ4n) is 4.97. The van der Waals surface area contributed by atoms with Gasteiger partial charge >= 0.3 is 0 Å². The molecule has 1 amide bonds. The van der Waals surface area contributed by atoms with Crippen LogP contribution in [0.3, 0.4) is 0 Å². The minimum atomic E-state index is -0.678. The zero-order valence-corrected chi connectivity index (χ0v) is 17.0. The van der Waals surface area contributed by atoms with Gasteiger partial charge in [0.15, 0.2) is 0 Å². The molecule has 2 aromatic carbocycles. The number of amides is 1. The summed E-state index contributed by atoms with van der Waals surface area (Å²) >= 11 is 0. The highest BCUT2D eigenvalue weighted by Crippen LogP contribution is 2.49. The summed E-state index contributed by atoms with van der Waals surface area (Å²) in [5, 5.41) is 11.4. The lowest BCUT2D eigenvalue weighted by Gasteiger charge is -2.52. The first kappa shape index (κ1) is 19.7. The van der Waals surface area contributed by atoms with E-state index >= 15 is 0 Å². The third-order valence-electron chi connectivity index (χ3n) is 6.53. The van der Waals surface area contributed by atoms with E-state index < -0.39 is 5.60 Å². The van der Waals surface area contributed by atoms with Gasteiger partial charge in [-0.1, -0.05) is 55.3 Å². The van der Waals surface area contributed by atoms with E-state index in [1.54, 1.807) is 13.2 Å². The van der Waals surface area contributed by atoms with E-state index in [2.05, 4.69) is 0 Å². The molecule has 1 aliphatic carbocycles. The van der Waals surface area contributed by atoms with Crippen LogP contribution in [0.25, 0.3) is 6.08 Å². The van der Waals surface area contributed by atoms with Crippen molar-refractivity contribution in [1.82, 2.24) is 4.90 Å². The van der Waals surface area contributed by atoms with Crippen LogP contribution in [0.5, 0.6) is 5.75 Å². The summed E-state index contributed by atoms with van der Waals surface area (Å²) in [6, 6.07) is 17.7. The molecule has 1 N–H and O–H groups in total. The molecule has 0 aromatic heterocycles. The maximum absolute atomic E-state index is 13.2. The Hall–Kier alpha value is -2.59. The molecule has 0 radical (unpaired) electrons. The first-order valence-corrected chi connectivity index (χ1v) is 10.5. The van der Waals surface area contributed by atoms with Crippen LogP contribution in [-0.2, 0) is 4.79 Å². The van der Waals surface area contributed by atoms with Crippen LogP contribution < -0.4 is 4.74 Å². The molecule has 152 valence electrons. The number of nitrogens with zero attached hydrogens (tertiary/aromatic N) is 1.